The lowest BCUT2D eigenvalue weighted by Crippen LogP contribution is -1.97. The van der Waals surface area contributed by atoms with Crippen LogP contribution in [0.5, 0.6) is 0 Å². The molecule has 4 nitrogen and oxygen atoms in total. The Labute approximate surface area is 108 Å². The summed E-state index contributed by atoms with van der Waals surface area (Å²) in [7, 11) is 0. The van der Waals surface area contributed by atoms with Gasteiger partial charge in [-0.05, 0) is 37.3 Å². The second-order valence-corrected chi connectivity index (χ2v) is 5.59. The van der Waals surface area contributed by atoms with Crippen LogP contribution in [0.3, 0.4) is 0 Å². The summed E-state index contributed by atoms with van der Waals surface area (Å²) in [6.07, 6.45) is 7.09. The van der Waals surface area contributed by atoms with Crippen molar-refractivity contribution in [2.45, 2.75) is 32.1 Å². The highest BCUT2D eigenvalue weighted by Crippen LogP contribution is 2.36. The molecule has 0 fully saturated rings. The highest BCUT2D eigenvalue weighted by atomic mass is 32.1. The number of aromatic nitrogens is 1. The van der Waals surface area contributed by atoms with Gasteiger partial charge in [-0.1, -0.05) is 6.42 Å². The molecule has 0 radical (unpaired) electrons. The van der Waals surface area contributed by atoms with Crippen LogP contribution >= 0.6 is 11.3 Å². The molecule has 0 amide bonds. The molecule has 0 spiro atoms. The van der Waals surface area contributed by atoms with E-state index in [0.717, 1.165) is 17.7 Å². The van der Waals surface area contributed by atoms with Crippen LogP contribution in [0.15, 0.2) is 16.9 Å². The minimum absolute atomic E-state index is 0.00593. The molecule has 18 heavy (non-hydrogen) atoms. The molecule has 5 heteroatoms. The average Bonchev–Trinajstić information content (AvgIpc) is 2.92. The number of carbonyl (C=O) groups is 1. The number of oxazole rings is 1. The lowest BCUT2D eigenvalue weighted by Gasteiger charge is -1.94. The van der Waals surface area contributed by atoms with E-state index in [1.807, 2.05) is 0 Å². The van der Waals surface area contributed by atoms with Crippen molar-refractivity contribution in [2.24, 2.45) is 0 Å². The van der Waals surface area contributed by atoms with Gasteiger partial charge in [-0.3, -0.25) is 0 Å². The van der Waals surface area contributed by atoms with Gasteiger partial charge in [-0.2, -0.15) is 0 Å². The van der Waals surface area contributed by atoms with E-state index in [9.17, 15) is 4.79 Å². The molecule has 2 aromatic rings. The van der Waals surface area contributed by atoms with Gasteiger partial charge in [0.05, 0.1) is 4.88 Å². The lowest BCUT2D eigenvalue weighted by molar-refractivity contribution is 0.0691. The normalized spacial score (nSPS) is 15.1. The third-order valence-electron chi connectivity index (χ3n) is 3.24. The van der Waals surface area contributed by atoms with Crippen LogP contribution in [0, 0.1) is 0 Å². The lowest BCUT2D eigenvalue weighted by atomic mass is 10.1. The molecule has 94 valence electrons. The summed E-state index contributed by atoms with van der Waals surface area (Å²) in [6, 6.07) is 2.07. The number of hydrogen-bond donors (Lipinski definition) is 1. The van der Waals surface area contributed by atoms with Crippen LogP contribution in [-0.4, -0.2) is 16.1 Å². The molecule has 3 rings (SSSR count). The van der Waals surface area contributed by atoms with Crippen LogP contribution < -0.4 is 0 Å². The van der Waals surface area contributed by atoms with Crippen molar-refractivity contribution < 1.29 is 14.3 Å². The zero-order valence-electron chi connectivity index (χ0n) is 9.81. The number of rotatable bonds is 2. The van der Waals surface area contributed by atoms with Gasteiger partial charge < -0.3 is 9.52 Å². The van der Waals surface area contributed by atoms with Crippen LogP contribution in [0.2, 0.25) is 0 Å². The molecular formula is C13H13NO3S. The summed E-state index contributed by atoms with van der Waals surface area (Å²) < 4.78 is 5.24. The monoisotopic (exact) mass is 263 g/mol. The standard InChI is InChI=1S/C13H13NO3S/c15-13(16)11-12(17-7-14-11)10-6-8-4-2-1-3-5-9(8)18-10/h6-7H,1-5H2,(H,15,16). The van der Waals surface area contributed by atoms with Gasteiger partial charge in [0.25, 0.3) is 0 Å². The second kappa shape index (κ2) is 4.57. The summed E-state index contributed by atoms with van der Waals surface area (Å²) in [5.74, 6) is -0.650. The van der Waals surface area contributed by atoms with E-state index in [4.69, 9.17) is 9.52 Å². The Morgan fingerprint density at radius 3 is 3.00 bits per heavy atom. The Kier molecular flexibility index (Phi) is 2.91. The van der Waals surface area contributed by atoms with Gasteiger partial charge >= 0.3 is 5.97 Å². The molecule has 0 bridgehead atoms. The second-order valence-electron chi connectivity index (χ2n) is 4.45. The van der Waals surface area contributed by atoms with E-state index in [-0.39, 0.29) is 5.69 Å². The Morgan fingerprint density at radius 2 is 2.17 bits per heavy atom. The fourth-order valence-corrected chi connectivity index (χ4v) is 3.60. The smallest absolute Gasteiger partial charge is 0.358 e. The van der Waals surface area contributed by atoms with E-state index < -0.39 is 5.97 Å². The van der Waals surface area contributed by atoms with E-state index >= 15 is 0 Å². The molecule has 1 N–H and O–H groups in total. The number of thiophene rings is 1. The van der Waals surface area contributed by atoms with Crippen molar-refractivity contribution in [1.29, 1.82) is 0 Å². The van der Waals surface area contributed by atoms with Gasteiger partial charge in [-0.25, -0.2) is 9.78 Å². The molecule has 0 saturated carbocycles. The molecular weight excluding hydrogens is 250 g/mol. The third-order valence-corrected chi connectivity index (χ3v) is 4.48. The summed E-state index contributed by atoms with van der Waals surface area (Å²) in [5.41, 5.74) is 1.35. The Morgan fingerprint density at radius 1 is 1.33 bits per heavy atom. The first kappa shape index (κ1) is 11.5. The van der Waals surface area contributed by atoms with Crippen molar-refractivity contribution in [3.63, 3.8) is 0 Å². The summed E-state index contributed by atoms with van der Waals surface area (Å²) >= 11 is 1.64. The Hall–Kier alpha value is -1.62. The zero-order chi connectivity index (χ0) is 12.5. The summed E-state index contributed by atoms with van der Waals surface area (Å²) in [5, 5.41) is 9.05. The van der Waals surface area contributed by atoms with Crippen LogP contribution in [0.25, 0.3) is 10.6 Å². The van der Waals surface area contributed by atoms with Crippen molar-refractivity contribution in [2.75, 3.05) is 0 Å². The average molecular weight is 263 g/mol. The topological polar surface area (TPSA) is 63.3 Å². The van der Waals surface area contributed by atoms with Crippen LogP contribution in [0.4, 0.5) is 0 Å². The summed E-state index contributed by atoms with van der Waals surface area (Å²) in [6.45, 7) is 0. The minimum atomic E-state index is -1.04. The van der Waals surface area contributed by atoms with E-state index in [0.29, 0.717) is 5.76 Å². The van der Waals surface area contributed by atoms with Crippen molar-refractivity contribution in [3.05, 3.63) is 28.6 Å². The number of hydrogen-bond acceptors (Lipinski definition) is 4. The fraction of sp³-hybridized carbons (Fsp3) is 0.385. The number of carboxylic acid groups (broad SMARTS) is 1. The fourth-order valence-electron chi connectivity index (χ4n) is 2.35. The molecule has 2 aromatic heterocycles. The quantitative estimate of drug-likeness (QED) is 0.844. The first-order chi connectivity index (χ1) is 8.75. The van der Waals surface area contributed by atoms with Gasteiger partial charge in [-0.15, -0.1) is 11.3 Å². The largest absolute Gasteiger partial charge is 0.476 e. The SMILES string of the molecule is O=C(O)c1ncoc1-c1cc2c(s1)CCCCC2. The van der Waals surface area contributed by atoms with Crippen molar-refractivity contribution >= 4 is 17.3 Å². The molecule has 0 aromatic carbocycles. The number of aryl methyl sites for hydroxylation is 2. The maximum atomic E-state index is 11.0. The molecule has 0 atom stereocenters. The van der Waals surface area contributed by atoms with Crippen LogP contribution in [0.1, 0.15) is 40.2 Å². The predicted molar refractivity (Wildman–Crippen MR) is 68.0 cm³/mol. The molecule has 0 saturated heterocycles. The minimum Gasteiger partial charge on any atom is -0.476 e. The van der Waals surface area contributed by atoms with Crippen LogP contribution in [-0.2, 0) is 12.8 Å². The van der Waals surface area contributed by atoms with E-state index in [1.54, 1.807) is 11.3 Å². The van der Waals surface area contributed by atoms with Crippen molar-refractivity contribution in [1.82, 2.24) is 4.98 Å². The van der Waals surface area contributed by atoms with Gasteiger partial charge in [0, 0.05) is 4.88 Å². The number of fused-ring (bicyclic) bond motifs is 1. The van der Waals surface area contributed by atoms with Gasteiger partial charge in [0.15, 0.2) is 17.8 Å². The van der Waals surface area contributed by atoms with Gasteiger partial charge in [0.1, 0.15) is 0 Å². The predicted octanol–water partition coefficient (Wildman–Crippen LogP) is 3.37. The Balaban J connectivity index is 2.02. The number of aromatic carboxylic acids is 1. The molecule has 0 aliphatic heterocycles. The van der Waals surface area contributed by atoms with E-state index in [1.165, 1.54) is 36.1 Å². The Bertz CT molecular complexity index is 561. The maximum Gasteiger partial charge on any atom is 0.358 e. The first-order valence-corrected chi connectivity index (χ1v) is 6.86. The third kappa shape index (κ3) is 1.95. The number of carboxylic acids is 1. The molecule has 2 heterocycles. The molecule has 1 aliphatic rings. The zero-order valence-corrected chi connectivity index (χ0v) is 10.6. The van der Waals surface area contributed by atoms with Crippen molar-refractivity contribution in [3.8, 4) is 10.6 Å². The van der Waals surface area contributed by atoms with E-state index in [2.05, 4.69) is 11.1 Å². The summed E-state index contributed by atoms with van der Waals surface area (Å²) in [4.78, 5) is 17.1. The number of nitrogens with zero attached hydrogens (tertiary/aromatic N) is 1. The first-order valence-electron chi connectivity index (χ1n) is 6.04. The van der Waals surface area contributed by atoms with Gasteiger partial charge in [0.2, 0.25) is 0 Å². The molecule has 1 aliphatic carbocycles. The maximum absolute atomic E-state index is 11.0. The molecule has 0 unspecified atom stereocenters. The highest BCUT2D eigenvalue weighted by Gasteiger charge is 2.21. The highest BCUT2D eigenvalue weighted by molar-refractivity contribution is 7.15.